The molecule has 1 fully saturated rings. The van der Waals surface area contributed by atoms with E-state index in [2.05, 4.69) is 10.2 Å². The second-order valence-corrected chi connectivity index (χ2v) is 8.06. The fraction of sp³-hybridized carbons (Fsp3) is 0.348. The summed E-state index contributed by atoms with van der Waals surface area (Å²) in [6.07, 6.45) is 0. The molecule has 4 rings (SSSR count). The largest absolute Gasteiger partial charge is 0.465 e. The summed E-state index contributed by atoms with van der Waals surface area (Å²) in [5.41, 5.74) is 1.66. The summed E-state index contributed by atoms with van der Waals surface area (Å²) in [4.78, 5) is 34.4. The molecule has 168 valence electrons. The number of carbonyl (C=O) groups excluding carboxylic acids is 2. The molecule has 2 heterocycles. The summed E-state index contributed by atoms with van der Waals surface area (Å²) in [5.74, 6) is -1.94. The van der Waals surface area contributed by atoms with E-state index in [0.717, 1.165) is 5.69 Å². The first-order chi connectivity index (χ1) is 15.5. The Morgan fingerprint density at radius 2 is 1.72 bits per heavy atom. The normalized spacial score (nSPS) is 21.1. The lowest BCUT2D eigenvalue weighted by Gasteiger charge is -2.39. The summed E-state index contributed by atoms with van der Waals surface area (Å²) in [7, 11) is 0. The van der Waals surface area contributed by atoms with Crippen LogP contribution in [0.1, 0.15) is 18.5 Å². The molecule has 0 spiro atoms. The van der Waals surface area contributed by atoms with Gasteiger partial charge in [0.1, 0.15) is 11.9 Å². The van der Waals surface area contributed by atoms with Crippen molar-refractivity contribution >= 4 is 35.1 Å². The third-order valence-corrected chi connectivity index (χ3v) is 5.87. The number of nitrogens with one attached hydrogen (secondary N) is 1. The molecular weight excluding hydrogens is 435 g/mol. The third-order valence-electron chi connectivity index (χ3n) is 5.62. The van der Waals surface area contributed by atoms with Gasteiger partial charge in [-0.25, -0.2) is 9.38 Å². The highest BCUT2D eigenvalue weighted by atomic mass is 35.5. The SMILES string of the molecule is CCOC(=O)[C@H]1C(=O)NC(N2CCN(c3ccc(F)cc3)CC2)=N[C@@H]1c1ccc(Cl)cc1. The van der Waals surface area contributed by atoms with Gasteiger partial charge in [0, 0.05) is 36.9 Å². The number of aliphatic imine (C=N–C) groups is 1. The number of esters is 1. The molecule has 0 unspecified atom stereocenters. The number of rotatable bonds is 4. The Hall–Kier alpha value is -3.13. The molecular formula is C23H24ClFN4O3. The van der Waals surface area contributed by atoms with Gasteiger partial charge in [-0.15, -0.1) is 0 Å². The quantitative estimate of drug-likeness (QED) is 0.563. The number of carbonyl (C=O) groups is 2. The summed E-state index contributed by atoms with van der Waals surface area (Å²) >= 11 is 6.01. The Morgan fingerprint density at radius 1 is 1.09 bits per heavy atom. The lowest BCUT2D eigenvalue weighted by atomic mass is 9.91. The Morgan fingerprint density at radius 3 is 2.34 bits per heavy atom. The maximum absolute atomic E-state index is 13.2. The molecule has 1 N–H and O–H groups in total. The van der Waals surface area contributed by atoms with Crippen LogP contribution in [0.25, 0.3) is 0 Å². The summed E-state index contributed by atoms with van der Waals surface area (Å²) in [6.45, 7) is 4.49. The predicted octanol–water partition coefficient (Wildman–Crippen LogP) is 3.01. The molecule has 2 aliphatic rings. The van der Waals surface area contributed by atoms with Gasteiger partial charge in [0.25, 0.3) is 0 Å². The zero-order valence-corrected chi connectivity index (χ0v) is 18.4. The fourth-order valence-electron chi connectivity index (χ4n) is 3.95. The first kappa shape index (κ1) is 22.1. The van der Waals surface area contributed by atoms with Crippen LogP contribution in [0, 0.1) is 11.7 Å². The summed E-state index contributed by atoms with van der Waals surface area (Å²) < 4.78 is 18.3. The third kappa shape index (κ3) is 4.70. The van der Waals surface area contributed by atoms with Crippen LogP contribution in [0.5, 0.6) is 0 Å². The zero-order valence-electron chi connectivity index (χ0n) is 17.6. The second-order valence-electron chi connectivity index (χ2n) is 7.62. The van der Waals surface area contributed by atoms with Crippen molar-refractivity contribution in [3.63, 3.8) is 0 Å². The minimum atomic E-state index is -1.07. The van der Waals surface area contributed by atoms with Gasteiger partial charge in [-0.3, -0.25) is 14.9 Å². The zero-order chi connectivity index (χ0) is 22.7. The number of nitrogens with zero attached hydrogens (tertiary/aromatic N) is 3. The van der Waals surface area contributed by atoms with E-state index in [1.165, 1.54) is 12.1 Å². The molecule has 0 aromatic heterocycles. The molecule has 32 heavy (non-hydrogen) atoms. The number of guanidine groups is 1. The van der Waals surface area contributed by atoms with Crippen LogP contribution >= 0.6 is 11.6 Å². The predicted molar refractivity (Wildman–Crippen MR) is 120 cm³/mol. The molecule has 2 aliphatic heterocycles. The Kier molecular flexibility index (Phi) is 6.60. The van der Waals surface area contributed by atoms with Crippen LogP contribution in [0.4, 0.5) is 10.1 Å². The van der Waals surface area contributed by atoms with Crippen molar-refractivity contribution in [3.8, 4) is 0 Å². The van der Waals surface area contributed by atoms with Crippen molar-refractivity contribution in [2.75, 3.05) is 37.7 Å². The first-order valence-corrected chi connectivity index (χ1v) is 10.9. The standard InChI is InChI=1S/C23H24ClFN4O3/c1-2-32-22(31)19-20(15-3-5-16(24)6-4-15)26-23(27-21(19)30)29-13-11-28(12-14-29)18-9-7-17(25)8-10-18/h3-10,19-20H,2,11-14H2,1H3,(H,26,27,30)/t19-,20-/m1/s1. The van der Waals surface area contributed by atoms with Gasteiger partial charge >= 0.3 is 5.97 Å². The number of amides is 1. The van der Waals surface area contributed by atoms with Crippen molar-refractivity contribution in [3.05, 3.63) is 64.9 Å². The lowest BCUT2D eigenvalue weighted by Crippen LogP contribution is -2.57. The molecule has 0 aliphatic carbocycles. The summed E-state index contributed by atoms with van der Waals surface area (Å²) in [6, 6.07) is 12.7. The van der Waals surface area contributed by atoms with Gasteiger partial charge in [0.15, 0.2) is 5.92 Å². The molecule has 1 saturated heterocycles. The minimum Gasteiger partial charge on any atom is -0.465 e. The lowest BCUT2D eigenvalue weighted by molar-refractivity contribution is -0.153. The number of halogens is 2. The number of piperazine rings is 1. The van der Waals surface area contributed by atoms with E-state index in [9.17, 15) is 14.0 Å². The molecule has 2 atom stereocenters. The molecule has 7 nitrogen and oxygen atoms in total. The molecule has 0 radical (unpaired) electrons. The van der Waals surface area contributed by atoms with E-state index in [-0.39, 0.29) is 12.4 Å². The Bertz CT molecular complexity index is 1000. The Labute approximate surface area is 190 Å². The molecule has 0 saturated carbocycles. The van der Waals surface area contributed by atoms with Crippen LogP contribution in [0.3, 0.4) is 0 Å². The summed E-state index contributed by atoms with van der Waals surface area (Å²) in [5, 5.41) is 3.35. The van der Waals surface area contributed by atoms with E-state index < -0.39 is 23.8 Å². The number of hydrogen-bond acceptors (Lipinski definition) is 6. The van der Waals surface area contributed by atoms with Crippen LogP contribution < -0.4 is 10.2 Å². The van der Waals surface area contributed by atoms with E-state index in [1.807, 2.05) is 4.90 Å². The smallest absolute Gasteiger partial charge is 0.321 e. The van der Waals surface area contributed by atoms with Gasteiger partial charge in [-0.1, -0.05) is 23.7 Å². The first-order valence-electron chi connectivity index (χ1n) is 10.5. The molecule has 1 amide bonds. The monoisotopic (exact) mass is 458 g/mol. The maximum atomic E-state index is 13.2. The highest BCUT2D eigenvalue weighted by Gasteiger charge is 2.42. The number of benzene rings is 2. The molecule has 0 bridgehead atoms. The van der Waals surface area contributed by atoms with Gasteiger partial charge in [-0.05, 0) is 48.9 Å². The van der Waals surface area contributed by atoms with Crippen molar-refractivity contribution in [2.45, 2.75) is 13.0 Å². The Balaban J connectivity index is 1.55. The van der Waals surface area contributed by atoms with E-state index in [1.54, 1.807) is 43.3 Å². The van der Waals surface area contributed by atoms with Crippen LogP contribution in [-0.4, -0.2) is 55.5 Å². The molecule has 2 aromatic carbocycles. The van der Waals surface area contributed by atoms with Gasteiger partial charge in [0.05, 0.1) is 6.61 Å². The number of anilines is 1. The maximum Gasteiger partial charge on any atom is 0.321 e. The van der Waals surface area contributed by atoms with Crippen molar-refractivity contribution in [1.82, 2.24) is 10.2 Å². The minimum absolute atomic E-state index is 0.178. The molecule has 9 heteroatoms. The van der Waals surface area contributed by atoms with Crippen LogP contribution in [0.15, 0.2) is 53.5 Å². The van der Waals surface area contributed by atoms with E-state index >= 15 is 0 Å². The fourth-order valence-corrected chi connectivity index (χ4v) is 4.08. The average Bonchev–Trinajstić information content (AvgIpc) is 2.80. The van der Waals surface area contributed by atoms with Gasteiger partial charge in [-0.2, -0.15) is 0 Å². The van der Waals surface area contributed by atoms with Crippen molar-refractivity contribution in [1.29, 1.82) is 0 Å². The van der Waals surface area contributed by atoms with E-state index in [0.29, 0.717) is 42.7 Å². The second kappa shape index (κ2) is 9.56. The van der Waals surface area contributed by atoms with Crippen LogP contribution in [0.2, 0.25) is 5.02 Å². The van der Waals surface area contributed by atoms with Gasteiger partial charge < -0.3 is 14.5 Å². The number of ether oxygens (including phenoxy) is 1. The van der Waals surface area contributed by atoms with Crippen LogP contribution in [-0.2, 0) is 14.3 Å². The highest BCUT2D eigenvalue weighted by molar-refractivity contribution is 6.30. The van der Waals surface area contributed by atoms with Crippen molar-refractivity contribution < 1.29 is 18.7 Å². The molecule has 2 aromatic rings. The van der Waals surface area contributed by atoms with Gasteiger partial charge in [0.2, 0.25) is 11.9 Å². The van der Waals surface area contributed by atoms with Crippen molar-refractivity contribution in [2.24, 2.45) is 10.9 Å². The number of hydrogen-bond donors (Lipinski definition) is 1. The van der Waals surface area contributed by atoms with E-state index in [4.69, 9.17) is 21.3 Å². The topological polar surface area (TPSA) is 74.2 Å². The highest BCUT2D eigenvalue weighted by Crippen LogP contribution is 2.32. The average molecular weight is 459 g/mol.